The first-order valence-electron chi connectivity index (χ1n) is 10.9. The molecule has 4 rings (SSSR count). The van der Waals surface area contributed by atoms with E-state index in [1.54, 1.807) is 6.20 Å². The number of halogens is 3. The van der Waals surface area contributed by atoms with Crippen molar-refractivity contribution in [1.29, 1.82) is 0 Å². The Kier molecular flexibility index (Phi) is 11.4. The molecule has 1 aromatic rings. The van der Waals surface area contributed by atoms with Crippen molar-refractivity contribution in [3.05, 3.63) is 28.5 Å². The van der Waals surface area contributed by atoms with E-state index >= 15 is 0 Å². The van der Waals surface area contributed by atoms with Crippen LogP contribution in [0.3, 0.4) is 0 Å². The quantitative estimate of drug-likeness (QED) is 0.596. The van der Waals surface area contributed by atoms with Gasteiger partial charge in [0.05, 0.1) is 30.2 Å². The maximum absolute atomic E-state index is 13.2. The number of hydrazone groups is 1. The molecule has 4 heterocycles. The molecule has 1 saturated heterocycles. The summed E-state index contributed by atoms with van der Waals surface area (Å²) in [5.41, 5.74) is 7.28. The standard InChI is InChI=1S/C18H25F2N7OS.C2H4O.CH3F/c1-25-11-27-7-4-22-18(17(27)24-25)28-9-12-2-5-26(6-3-12)13(8-21)15-14(16(19)20)23-10-29-15;1-2-3;1-2/h4,7,10,12-13,16H,2-3,5-6,8-9,11,21H2,1H3;2H,1H3;1H3. The van der Waals surface area contributed by atoms with Crippen molar-refractivity contribution in [3.63, 3.8) is 0 Å². The number of hydrogen-bond acceptors (Lipinski definition) is 10. The average Bonchev–Trinajstić information content (AvgIpc) is 3.47. The number of ether oxygens (including phenoxy) is 1. The van der Waals surface area contributed by atoms with E-state index in [1.807, 2.05) is 23.2 Å². The zero-order valence-electron chi connectivity index (χ0n) is 19.6. The van der Waals surface area contributed by atoms with Crippen LogP contribution in [0.5, 0.6) is 0 Å². The minimum absolute atomic E-state index is 0.133. The van der Waals surface area contributed by atoms with E-state index in [1.165, 1.54) is 23.8 Å². The molecule has 13 heteroatoms. The minimum Gasteiger partial charge on any atom is -0.475 e. The number of amidine groups is 1. The number of nitrogens with zero attached hydrogens (tertiary/aromatic N) is 6. The van der Waals surface area contributed by atoms with Crippen molar-refractivity contribution in [2.45, 2.75) is 32.2 Å². The van der Waals surface area contributed by atoms with Crippen molar-refractivity contribution >= 4 is 29.4 Å². The van der Waals surface area contributed by atoms with E-state index in [-0.39, 0.29) is 11.7 Å². The van der Waals surface area contributed by atoms with Gasteiger partial charge in [0.25, 0.3) is 12.3 Å². The second-order valence-corrected chi connectivity index (χ2v) is 8.49. The normalized spacial score (nSPS) is 18.8. The third-order valence-electron chi connectivity index (χ3n) is 5.43. The average molecular weight is 504 g/mol. The van der Waals surface area contributed by atoms with Crippen molar-refractivity contribution in [2.75, 3.05) is 47.1 Å². The van der Waals surface area contributed by atoms with Crippen LogP contribution in [0.25, 0.3) is 0 Å². The van der Waals surface area contributed by atoms with Gasteiger partial charge in [-0.3, -0.25) is 14.3 Å². The molecule has 190 valence electrons. The number of likely N-dealkylation sites (tertiary alicyclic amines) is 1. The van der Waals surface area contributed by atoms with Crippen LogP contribution < -0.4 is 5.73 Å². The Balaban J connectivity index is 0.000000758. The molecule has 0 aromatic carbocycles. The van der Waals surface area contributed by atoms with E-state index in [9.17, 15) is 13.2 Å². The third-order valence-corrected chi connectivity index (χ3v) is 6.37. The van der Waals surface area contributed by atoms with Gasteiger partial charge in [-0.1, -0.05) is 0 Å². The fourth-order valence-electron chi connectivity index (χ4n) is 3.89. The lowest BCUT2D eigenvalue weighted by Crippen LogP contribution is -2.41. The summed E-state index contributed by atoms with van der Waals surface area (Å²) in [6, 6.07) is -0.210. The Bertz CT molecular complexity index is 857. The summed E-state index contributed by atoms with van der Waals surface area (Å²) < 4.78 is 41.9. The lowest BCUT2D eigenvalue weighted by Gasteiger charge is -2.37. The molecule has 1 fully saturated rings. The number of piperidine rings is 1. The van der Waals surface area contributed by atoms with Gasteiger partial charge in [0.15, 0.2) is 0 Å². The fourth-order valence-corrected chi connectivity index (χ4v) is 4.83. The molecule has 2 N–H and O–H groups in total. The summed E-state index contributed by atoms with van der Waals surface area (Å²) in [4.78, 5) is 21.7. The van der Waals surface area contributed by atoms with E-state index in [0.29, 0.717) is 43.7 Å². The Labute approximate surface area is 201 Å². The summed E-state index contributed by atoms with van der Waals surface area (Å²) in [6.07, 6.45) is 3.61. The number of thiazole rings is 1. The zero-order chi connectivity index (χ0) is 25.1. The molecule has 0 amide bonds. The van der Waals surface area contributed by atoms with Crippen molar-refractivity contribution in [2.24, 2.45) is 21.7 Å². The number of carbonyl (C=O) groups is 1. The molecular weight excluding hydrogens is 471 g/mol. The van der Waals surface area contributed by atoms with Gasteiger partial charge in [0.2, 0.25) is 5.84 Å². The SMILES string of the molecule is CC=O.CF.CN1CN2C=CN=C(OCC3CCN(C(CN)c4scnc4C(F)F)CC3)C2=N1. The van der Waals surface area contributed by atoms with Gasteiger partial charge in [0.1, 0.15) is 18.6 Å². The number of hydrogen-bond donors (Lipinski definition) is 1. The topological polar surface area (TPSA) is 99.7 Å². The second kappa shape index (κ2) is 14.0. The molecule has 1 unspecified atom stereocenters. The van der Waals surface area contributed by atoms with E-state index < -0.39 is 6.43 Å². The maximum Gasteiger partial charge on any atom is 0.281 e. The largest absolute Gasteiger partial charge is 0.475 e. The number of aldehydes is 1. The van der Waals surface area contributed by atoms with Crippen molar-refractivity contribution in [3.8, 4) is 0 Å². The summed E-state index contributed by atoms with van der Waals surface area (Å²) >= 11 is 1.26. The number of carbonyl (C=O) groups excluding carboxylic acids is 1. The predicted molar refractivity (Wildman–Crippen MR) is 126 cm³/mol. The Morgan fingerprint density at radius 1 is 1.32 bits per heavy atom. The van der Waals surface area contributed by atoms with Gasteiger partial charge in [-0.05, 0) is 38.8 Å². The molecule has 0 radical (unpaired) electrons. The summed E-state index contributed by atoms with van der Waals surface area (Å²) in [6.45, 7) is 4.57. The number of rotatable bonds is 6. The summed E-state index contributed by atoms with van der Waals surface area (Å²) in [5.74, 6) is 1.66. The molecule has 0 aliphatic carbocycles. The van der Waals surface area contributed by atoms with Gasteiger partial charge < -0.3 is 20.2 Å². The highest BCUT2D eigenvalue weighted by molar-refractivity contribution is 7.09. The van der Waals surface area contributed by atoms with Crippen LogP contribution in [0.2, 0.25) is 0 Å². The predicted octanol–water partition coefficient (Wildman–Crippen LogP) is 3.00. The molecule has 0 bridgehead atoms. The van der Waals surface area contributed by atoms with Crippen molar-refractivity contribution in [1.82, 2.24) is 19.8 Å². The second-order valence-electron chi connectivity index (χ2n) is 7.60. The van der Waals surface area contributed by atoms with Crippen LogP contribution >= 0.6 is 11.3 Å². The van der Waals surface area contributed by atoms with Crippen LogP contribution in [0, 0.1) is 5.92 Å². The van der Waals surface area contributed by atoms with Crippen LogP contribution in [0.15, 0.2) is 28.0 Å². The molecule has 3 aliphatic rings. The molecule has 9 nitrogen and oxygen atoms in total. The number of alkyl halides is 3. The van der Waals surface area contributed by atoms with E-state index in [2.05, 4.69) is 20.0 Å². The highest BCUT2D eigenvalue weighted by Gasteiger charge is 2.32. The smallest absolute Gasteiger partial charge is 0.281 e. The monoisotopic (exact) mass is 503 g/mol. The van der Waals surface area contributed by atoms with Crippen LogP contribution in [-0.2, 0) is 9.53 Å². The Hall–Kier alpha value is -2.51. The molecule has 1 atom stereocenters. The molecule has 0 spiro atoms. The fraction of sp³-hybridized carbons (Fsp3) is 0.619. The summed E-state index contributed by atoms with van der Waals surface area (Å²) in [7, 11) is 2.41. The highest BCUT2D eigenvalue weighted by atomic mass is 32.1. The van der Waals surface area contributed by atoms with Gasteiger partial charge >= 0.3 is 0 Å². The van der Waals surface area contributed by atoms with Crippen LogP contribution in [0.4, 0.5) is 13.2 Å². The van der Waals surface area contributed by atoms with Crippen LogP contribution in [0.1, 0.15) is 42.8 Å². The number of fused-ring (bicyclic) bond motifs is 1. The summed E-state index contributed by atoms with van der Waals surface area (Å²) in [5, 5.41) is 6.27. The Morgan fingerprint density at radius 2 is 2.00 bits per heavy atom. The maximum atomic E-state index is 13.2. The number of aromatic nitrogens is 1. The first-order chi connectivity index (χ1) is 16.5. The highest BCUT2D eigenvalue weighted by Crippen LogP contribution is 2.34. The first kappa shape index (κ1) is 27.7. The zero-order valence-corrected chi connectivity index (χ0v) is 20.4. The third kappa shape index (κ3) is 7.00. The van der Waals surface area contributed by atoms with Gasteiger partial charge in [-0.2, -0.15) is 5.10 Å². The lowest BCUT2D eigenvalue weighted by atomic mass is 9.96. The van der Waals surface area contributed by atoms with Crippen molar-refractivity contribution < 1.29 is 22.7 Å². The minimum atomic E-state index is -2.57. The first-order valence-corrected chi connectivity index (χ1v) is 11.7. The van der Waals surface area contributed by atoms with Gasteiger partial charge in [-0.15, -0.1) is 11.3 Å². The Morgan fingerprint density at radius 3 is 2.62 bits per heavy atom. The van der Waals surface area contributed by atoms with E-state index in [0.717, 1.165) is 38.1 Å². The lowest BCUT2D eigenvalue weighted by molar-refractivity contribution is -0.106. The molecular formula is C21H32F3N7O2S. The number of nitrogens with two attached hydrogens (primary N) is 1. The van der Waals surface area contributed by atoms with E-state index in [4.69, 9.17) is 15.3 Å². The molecule has 3 aliphatic heterocycles. The number of aliphatic imine (C=N–C) groups is 1. The van der Waals surface area contributed by atoms with Gasteiger partial charge in [-0.25, -0.2) is 18.8 Å². The molecule has 1 aromatic heterocycles. The van der Waals surface area contributed by atoms with Crippen LogP contribution in [-0.4, -0.2) is 84.9 Å². The molecule has 0 saturated carbocycles. The van der Waals surface area contributed by atoms with Gasteiger partial charge in [0, 0.05) is 26.0 Å². The molecule has 34 heavy (non-hydrogen) atoms.